The van der Waals surface area contributed by atoms with Gasteiger partial charge in [0.25, 0.3) is 5.91 Å². The number of carbonyl (C=O) groups is 3. The summed E-state index contributed by atoms with van der Waals surface area (Å²) in [6.45, 7) is 3.18. The lowest BCUT2D eigenvalue weighted by Crippen LogP contribution is -2.43. The molecule has 3 heterocycles. The highest BCUT2D eigenvalue weighted by molar-refractivity contribution is 7.12. The number of carboxylic acids is 2. The molecule has 0 spiro atoms. The molecule has 1 aromatic carbocycles. The maximum Gasteiger partial charge on any atom is 0.490 e. The Kier molecular flexibility index (Phi) is 12.9. The number of benzene rings is 1. The molecule has 234 valence electrons. The molecule has 1 amide bonds. The first-order valence-corrected chi connectivity index (χ1v) is 13.4. The fourth-order valence-corrected chi connectivity index (χ4v) is 4.40. The lowest BCUT2D eigenvalue weighted by Gasteiger charge is -2.37. The summed E-state index contributed by atoms with van der Waals surface area (Å²) in [4.78, 5) is 40.1. The quantitative estimate of drug-likeness (QED) is 0.293. The number of alkyl halides is 6. The molecule has 1 aliphatic heterocycles. The van der Waals surface area contributed by atoms with E-state index in [2.05, 4.69) is 57.5 Å². The van der Waals surface area contributed by atoms with Crippen LogP contribution in [0.3, 0.4) is 0 Å². The van der Waals surface area contributed by atoms with Crippen molar-refractivity contribution in [1.29, 1.82) is 0 Å². The minimum absolute atomic E-state index is 0.0750. The van der Waals surface area contributed by atoms with Crippen LogP contribution in [0.25, 0.3) is 0 Å². The second kappa shape index (κ2) is 15.9. The molecule has 3 aromatic rings. The van der Waals surface area contributed by atoms with Gasteiger partial charge < -0.3 is 20.4 Å². The van der Waals surface area contributed by atoms with Gasteiger partial charge in [0.1, 0.15) is 5.82 Å². The molecule has 4 rings (SSSR count). The smallest absolute Gasteiger partial charge is 0.475 e. The monoisotopic (exact) mass is 634 g/mol. The summed E-state index contributed by atoms with van der Waals surface area (Å²) >= 11 is 1.44. The molecule has 1 aliphatic rings. The van der Waals surface area contributed by atoms with E-state index in [9.17, 15) is 31.1 Å². The Balaban J connectivity index is 0.000000384. The largest absolute Gasteiger partial charge is 0.490 e. The number of aliphatic carboxylic acids is 2. The van der Waals surface area contributed by atoms with E-state index in [0.29, 0.717) is 10.9 Å². The number of anilines is 2. The van der Waals surface area contributed by atoms with E-state index in [-0.39, 0.29) is 5.91 Å². The molecule has 0 unspecified atom stereocenters. The SMILES string of the molecule is CN(c1cc(NC(=O)c2cccs2)ccn1)C1CCN(Cc2ccccc2)CC1.O=C(O)C(F)(F)F.O=C(O)C(F)(F)F. The van der Waals surface area contributed by atoms with Gasteiger partial charge in [0.15, 0.2) is 0 Å². The van der Waals surface area contributed by atoms with Crippen LogP contribution in [-0.2, 0) is 16.1 Å². The van der Waals surface area contributed by atoms with Gasteiger partial charge >= 0.3 is 24.3 Å². The van der Waals surface area contributed by atoms with E-state index >= 15 is 0 Å². The van der Waals surface area contributed by atoms with Crippen molar-refractivity contribution in [2.75, 3.05) is 30.4 Å². The van der Waals surface area contributed by atoms with Crippen molar-refractivity contribution in [2.24, 2.45) is 0 Å². The second-order valence-electron chi connectivity index (χ2n) is 9.04. The van der Waals surface area contributed by atoms with Gasteiger partial charge in [-0.25, -0.2) is 14.6 Å². The molecule has 16 heteroatoms. The molecule has 1 saturated heterocycles. The fourth-order valence-electron chi connectivity index (χ4n) is 3.78. The molecule has 43 heavy (non-hydrogen) atoms. The van der Waals surface area contributed by atoms with Crippen LogP contribution in [-0.4, -0.2) is 76.5 Å². The van der Waals surface area contributed by atoms with E-state index in [4.69, 9.17) is 19.8 Å². The Bertz CT molecular complexity index is 1290. The zero-order valence-corrected chi connectivity index (χ0v) is 23.4. The number of pyridine rings is 1. The standard InChI is InChI=1S/C23H26N4OS.2C2HF3O2/c1-26(20-10-13-27(14-11-20)17-18-6-3-2-4-7-18)22-16-19(9-12-24-22)25-23(28)21-8-5-15-29-21;2*3-2(4,5)1(6)7/h2-9,12,15-16,20H,10-11,13-14,17H2,1H3,(H,24,25,28);2*(H,6,7). The molecule has 0 bridgehead atoms. The number of likely N-dealkylation sites (tertiary alicyclic amines) is 1. The van der Waals surface area contributed by atoms with Crippen LogP contribution in [0.1, 0.15) is 28.1 Å². The Hall–Kier alpha value is -4.18. The average molecular weight is 635 g/mol. The third-order valence-electron chi connectivity index (χ3n) is 5.95. The summed E-state index contributed by atoms with van der Waals surface area (Å²) in [5, 5.41) is 19.1. The van der Waals surface area contributed by atoms with Gasteiger partial charge in [0.2, 0.25) is 0 Å². The van der Waals surface area contributed by atoms with Crippen LogP contribution in [0.15, 0.2) is 66.2 Å². The first kappa shape index (κ1) is 35.0. The van der Waals surface area contributed by atoms with Crippen LogP contribution in [0.4, 0.5) is 37.8 Å². The van der Waals surface area contributed by atoms with Crippen LogP contribution in [0.2, 0.25) is 0 Å². The van der Waals surface area contributed by atoms with E-state index in [1.54, 1.807) is 6.20 Å². The number of amides is 1. The fraction of sp³-hybridized carbons (Fsp3) is 0.333. The highest BCUT2D eigenvalue weighted by Crippen LogP contribution is 2.24. The summed E-state index contributed by atoms with van der Waals surface area (Å²) in [6, 6.07) is 18.6. The molecule has 0 atom stereocenters. The zero-order chi connectivity index (χ0) is 32.2. The van der Waals surface area contributed by atoms with Crippen molar-refractivity contribution in [3.05, 3.63) is 76.6 Å². The van der Waals surface area contributed by atoms with E-state index < -0.39 is 24.3 Å². The van der Waals surface area contributed by atoms with Gasteiger partial charge in [0, 0.05) is 50.7 Å². The minimum atomic E-state index is -5.08. The minimum Gasteiger partial charge on any atom is -0.475 e. The van der Waals surface area contributed by atoms with Crippen molar-refractivity contribution in [2.45, 2.75) is 37.8 Å². The molecule has 2 aromatic heterocycles. The number of piperidine rings is 1. The lowest BCUT2D eigenvalue weighted by atomic mass is 10.0. The van der Waals surface area contributed by atoms with E-state index in [1.807, 2.05) is 29.6 Å². The summed E-state index contributed by atoms with van der Waals surface area (Å²) in [7, 11) is 2.10. The van der Waals surface area contributed by atoms with Crippen molar-refractivity contribution < 1.29 is 50.9 Å². The Labute approximate surface area is 246 Å². The van der Waals surface area contributed by atoms with Gasteiger partial charge in [-0.3, -0.25) is 9.69 Å². The third kappa shape index (κ3) is 12.3. The summed E-state index contributed by atoms with van der Waals surface area (Å²) < 4.78 is 63.5. The Morgan fingerprint density at radius 1 is 0.953 bits per heavy atom. The molecule has 3 N–H and O–H groups in total. The van der Waals surface area contributed by atoms with Crippen molar-refractivity contribution >= 4 is 40.7 Å². The number of nitrogens with zero attached hydrogens (tertiary/aromatic N) is 3. The predicted octanol–water partition coefficient (Wildman–Crippen LogP) is 5.76. The van der Waals surface area contributed by atoms with Crippen molar-refractivity contribution in [3.63, 3.8) is 0 Å². The number of carboxylic acid groups (broad SMARTS) is 2. The number of aromatic nitrogens is 1. The number of hydrogen-bond donors (Lipinski definition) is 3. The molecule has 0 aliphatic carbocycles. The highest BCUT2D eigenvalue weighted by atomic mass is 32.1. The number of hydrogen-bond acceptors (Lipinski definition) is 7. The van der Waals surface area contributed by atoms with Crippen LogP contribution >= 0.6 is 11.3 Å². The maximum absolute atomic E-state index is 12.3. The van der Waals surface area contributed by atoms with Crippen molar-refractivity contribution in [1.82, 2.24) is 9.88 Å². The topological polar surface area (TPSA) is 123 Å². The number of carbonyl (C=O) groups excluding carboxylic acids is 1. The molecular weight excluding hydrogens is 606 g/mol. The lowest BCUT2D eigenvalue weighted by molar-refractivity contribution is -0.193. The summed E-state index contributed by atoms with van der Waals surface area (Å²) in [5.74, 6) is -4.69. The first-order valence-electron chi connectivity index (χ1n) is 12.5. The summed E-state index contributed by atoms with van der Waals surface area (Å²) in [5.41, 5.74) is 2.15. The van der Waals surface area contributed by atoms with Crippen molar-refractivity contribution in [3.8, 4) is 0 Å². The second-order valence-corrected chi connectivity index (χ2v) is 9.99. The van der Waals surface area contributed by atoms with E-state index in [0.717, 1.165) is 44.0 Å². The zero-order valence-electron chi connectivity index (χ0n) is 22.6. The number of halogens is 6. The van der Waals surface area contributed by atoms with Gasteiger partial charge in [-0.15, -0.1) is 11.3 Å². The Morgan fingerprint density at radius 2 is 1.51 bits per heavy atom. The van der Waals surface area contributed by atoms with Crippen LogP contribution in [0, 0.1) is 0 Å². The molecule has 9 nitrogen and oxygen atoms in total. The predicted molar refractivity (Wildman–Crippen MR) is 147 cm³/mol. The van der Waals surface area contributed by atoms with E-state index in [1.165, 1.54) is 16.9 Å². The van der Waals surface area contributed by atoms with Crippen LogP contribution < -0.4 is 10.2 Å². The number of rotatable bonds is 6. The molecular formula is C27H28F6N4O5S. The number of thiophene rings is 1. The van der Waals surface area contributed by atoms with Gasteiger partial charge in [-0.1, -0.05) is 36.4 Å². The highest BCUT2D eigenvalue weighted by Gasteiger charge is 2.38. The molecule has 0 saturated carbocycles. The Morgan fingerprint density at radius 3 is 2.00 bits per heavy atom. The van der Waals surface area contributed by atoms with Gasteiger partial charge in [-0.2, -0.15) is 26.3 Å². The number of nitrogens with one attached hydrogen (secondary N) is 1. The van der Waals surface area contributed by atoms with Gasteiger partial charge in [0.05, 0.1) is 4.88 Å². The first-order chi connectivity index (χ1) is 20.1. The third-order valence-corrected chi connectivity index (χ3v) is 6.82. The molecule has 1 fully saturated rings. The van der Waals surface area contributed by atoms with Crippen LogP contribution in [0.5, 0.6) is 0 Å². The maximum atomic E-state index is 12.3. The average Bonchev–Trinajstić information content (AvgIpc) is 3.49. The molecule has 0 radical (unpaired) electrons. The van der Waals surface area contributed by atoms with Gasteiger partial charge in [-0.05, 0) is 35.9 Å². The normalized spacial score (nSPS) is 13.9. The summed E-state index contributed by atoms with van der Waals surface area (Å²) in [6.07, 6.45) is -6.19.